The standard InChI is InChI=1S/C22H27N3O2/c26-21(27-20-7-3-1-4-8-20)22(11-5-2-6-12-22)25-17-15-24(16-18-25)19-9-13-23-14-10-19/h1,3-4,7-10,13-14H,2,5-6,11-12,15-18H2. The van der Waals surface area contributed by atoms with Crippen molar-refractivity contribution >= 4 is 11.7 Å². The van der Waals surface area contributed by atoms with Crippen LogP contribution in [0.2, 0.25) is 0 Å². The Bertz CT molecular complexity index is 737. The van der Waals surface area contributed by atoms with Crippen LogP contribution in [0.25, 0.3) is 0 Å². The highest BCUT2D eigenvalue weighted by atomic mass is 16.5. The largest absolute Gasteiger partial charge is 0.425 e. The van der Waals surface area contributed by atoms with Gasteiger partial charge in [0.05, 0.1) is 0 Å². The van der Waals surface area contributed by atoms with Crippen molar-refractivity contribution in [1.29, 1.82) is 0 Å². The number of hydrogen-bond donors (Lipinski definition) is 0. The van der Waals surface area contributed by atoms with Gasteiger partial charge >= 0.3 is 5.97 Å². The number of pyridine rings is 1. The van der Waals surface area contributed by atoms with Crippen LogP contribution >= 0.6 is 0 Å². The summed E-state index contributed by atoms with van der Waals surface area (Å²) in [6.45, 7) is 3.60. The maximum Gasteiger partial charge on any atom is 0.331 e. The number of ether oxygens (including phenoxy) is 1. The number of carbonyl (C=O) groups excluding carboxylic acids is 1. The van der Waals surface area contributed by atoms with Crippen LogP contribution in [0.1, 0.15) is 32.1 Å². The highest BCUT2D eigenvalue weighted by molar-refractivity contribution is 5.83. The Morgan fingerprint density at radius 3 is 2.22 bits per heavy atom. The van der Waals surface area contributed by atoms with E-state index in [0.29, 0.717) is 5.75 Å². The fraction of sp³-hybridized carbons (Fsp3) is 0.455. The first kappa shape index (κ1) is 18.0. The Labute approximate surface area is 161 Å². The second-order valence-electron chi connectivity index (χ2n) is 7.47. The molecule has 1 saturated carbocycles. The highest BCUT2D eigenvalue weighted by Gasteiger charge is 2.47. The van der Waals surface area contributed by atoms with Crippen molar-refractivity contribution in [3.8, 4) is 5.75 Å². The molecular weight excluding hydrogens is 338 g/mol. The molecule has 2 fully saturated rings. The van der Waals surface area contributed by atoms with Crippen LogP contribution < -0.4 is 9.64 Å². The molecule has 1 aliphatic carbocycles. The predicted molar refractivity (Wildman–Crippen MR) is 106 cm³/mol. The Balaban J connectivity index is 1.48. The molecule has 1 saturated heterocycles. The zero-order valence-corrected chi connectivity index (χ0v) is 15.7. The smallest absolute Gasteiger partial charge is 0.331 e. The van der Waals surface area contributed by atoms with Gasteiger partial charge in [-0.15, -0.1) is 0 Å². The molecule has 2 aliphatic rings. The van der Waals surface area contributed by atoms with Crippen molar-refractivity contribution in [3.05, 3.63) is 54.9 Å². The average molecular weight is 365 g/mol. The zero-order chi connectivity index (χ0) is 18.5. The zero-order valence-electron chi connectivity index (χ0n) is 15.7. The third-order valence-corrected chi connectivity index (χ3v) is 5.93. The van der Waals surface area contributed by atoms with E-state index in [1.165, 1.54) is 12.1 Å². The molecule has 2 aromatic rings. The van der Waals surface area contributed by atoms with Crippen LogP contribution in [0.5, 0.6) is 5.75 Å². The van der Waals surface area contributed by atoms with E-state index in [4.69, 9.17) is 4.74 Å². The number of esters is 1. The minimum atomic E-state index is -0.474. The molecule has 5 nitrogen and oxygen atoms in total. The van der Waals surface area contributed by atoms with Crippen molar-refractivity contribution in [1.82, 2.24) is 9.88 Å². The lowest BCUT2D eigenvalue weighted by Gasteiger charge is -2.48. The number of piperazine rings is 1. The van der Waals surface area contributed by atoms with Crippen molar-refractivity contribution in [2.45, 2.75) is 37.6 Å². The van der Waals surface area contributed by atoms with Crippen LogP contribution in [-0.2, 0) is 4.79 Å². The highest BCUT2D eigenvalue weighted by Crippen LogP contribution is 2.36. The van der Waals surface area contributed by atoms with E-state index in [9.17, 15) is 4.79 Å². The average Bonchev–Trinajstić information content (AvgIpc) is 2.76. The summed E-state index contributed by atoms with van der Waals surface area (Å²) in [6.07, 6.45) is 8.85. The molecule has 1 aliphatic heterocycles. The van der Waals surface area contributed by atoms with Crippen LogP contribution in [-0.4, -0.2) is 47.6 Å². The molecule has 0 unspecified atom stereocenters. The number of anilines is 1. The molecule has 5 heteroatoms. The number of rotatable bonds is 4. The molecule has 2 heterocycles. The van der Waals surface area contributed by atoms with Gasteiger partial charge in [0.15, 0.2) is 0 Å². The Morgan fingerprint density at radius 1 is 0.889 bits per heavy atom. The number of carbonyl (C=O) groups is 1. The summed E-state index contributed by atoms with van der Waals surface area (Å²) < 4.78 is 5.82. The fourth-order valence-electron chi connectivity index (χ4n) is 4.42. The van der Waals surface area contributed by atoms with Crippen molar-refractivity contribution < 1.29 is 9.53 Å². The lowest BCUT2D eigenvalue weighted by atomic mass is 9.79. The SMILES string of the molecule is O=C(Oc1ccccc1)C1(N2CCN(c3ccncc3)CC2)CCCCC1. The second-order valence-corrected chi connectivity index (χ2v) is 7.47. The van der Waals surface area contributed by atoms with Crippen LogP contribution in [0.4, 0.5) is 5.69 Å². The molecule has 142 valence electrons. The van der Waals surface area contributed by atoms with Crippen molar-refractivity contribution in [2.24, 2.45) is 0 Å². The number of aromatic nitrogens is 1. The Kier molecular flexibility index (Phi) is 5.39. The minimum Gasteiger partial charge on any atom is -0.425 e. The second kappa shape index (κ2) is 8.09. The lowest BCUT2D eigenvalue weighted by molar-refractivity contribution is -0.151. The normalized spacial score (nSPS) is 20.2. The molecule has 0 amide bonds. The maximum atomic E-state index is 13.3. The first-order valence-electron chi connectivity index (χ1n) is 9.95. The Morgan fingerprint density at radius 2 is 1.56 bits per heavy atom. The number of hydrogen-bond acceptors (Lipinski definition) is 5. The van der Waals surface area contributed by atoms with Crippen LogP contribution in [0, 0.1) is 0 Å². The summed E-state index contributed by atoms with van der Waals surface area (Å²) in [6, 6.07) is 13.6. The van der Waals surface area contributed by atoms with Gasteiger partial charge < -0.3 is 9.64 Å². The first-order valence-corrected chi connectivity index (χ1v) is 9.95. The van der Waals surface area contributed by atoms with Gasteiger partial charge in [-0.25, -0.2) is 4.79 Å². The molecule has 4 rings (SSSR count). The summed E-state index contributed by atoms with van der Waals surface area (Å²) in [4.78, 5) is 22.1. The third-order valence-electron chi connectivity index (χ3n) is 5.93. The van der Waals surface area contributed by atoms with E-state index >= 15 is 0 Å². The van der Waals surface area contributed by atoms with Crippen LogP contribution in [0.3, 0.4) is 0 Å². The van der Waals surface area contributed by atoms with Gasteiger partial charge in [0, 0.05) is 44.3 Å². The molecule has 27 heavy (non-hydrogen) atoms. The first-order chi connectivity index (χ1) is 13.3. The van der Waals surface area contributed by atoms with Gasteiger partial charge in [-0.3, -0.25) is 9.88 Å². The number of nitrogens with zero attached hydrogens (tertiary/aromatic N) is 3. The molecule has 0 N–H and O–H groups in total. The summed E-state index contributed by atoms with van der Waals surface area (Å²) in [7, 11) is 0. The summed E-state index contributed by atoms with van der Waals surface area (Å²) in [5.41, 5.74) is 0.729. The lowest BCUT2D eigenvalue weighted by Crippen LogP contribution is -2.62. The van der Waals surface area contributed by atoms with Crippen molar-refractivity contribution in [3.63, 3.8) is 0 Å². The van der Waals surface area contributed by atoms with E-state index in [-0.39, 0.29) is 5.97 Å². The van der Waals surface area contributed by atoms with Gasteiger partial charge in [-0.1, -0.05) is 37.5 Å². The Hall–Kier alpha value is -2.40. The monoisotopic (exact) mass is 365 g/mol. The minimum absolute atomic E-state index is 0.0780. The number of benzene rings is 1. The summed E-state index contributed by atoms with van der Waals surface area (Å²) in [5, 5.41) is 0. The van der Waals surface area contributed by atoms with Gasteiger partial charge in [0.1, 0.15) is 11.3 Å². The van der Waals surface area contributed by atoms with Crippen molar-refractivity contribution in [2.75, 3.05) is 31.1 Å². The predicted octanol–water partition coefficient (Wildman–Crippen LogP) is 3.51. The molecule has 0 spiro atoms. The van der Waals surface area contributed by atoms with Gasteiger partial charge in [-0.2, -0.15) is 0 Å². The molecule has 0 atom stereocenters. The molecular formula is C22H27N3O2. The summed E-state index contributed by atoms with van der Waals surface area (Å²) >= 11 is 0. The topological polar surface area (TPSA) is 45.7 Å². The third kappa shape index (κ3) is 3.83. The van der Waals surface area contributed by atoms with E-state index in [1.54, 1.807) is 0 Å². The summed E-state index contributed by atoms with van der Waals surface area (Å²) in [5.74, 6) is 0.564. The van der Waals surface area contributed by atoms with E-state index in [2.05, 4.69) is 26.9 Å². The van der Waals surface area contributed by atoms with E-state index < -0.39 is 5.54 Å². The number of para-hydroxylation sites is 1. The molecule has 0 radical (unpaired) electrons. The maximum absolute atomic E-state index is 13.3. The van der Waals surface area contributed by atoms with Gasteiger partial charge in [-0.05, 0) is 37.1 Å². The molecule has 0 bridgehead atoms. The molecule has 1 aromatic heterocycles. The molecule has 1 aromatic carbocycles. The van der Waals surface area contributed by atoms with E-state index in [1.807, 2.05) is 42.7 Å². The quantitative estimate of drug-likeness (QED) is 0.613. The van der Waals surface area contributed by atoms with E-state index in [0.717, 1.165) is 51.9 Å². The van der Waals surface area contributed by atoms with Gasteiger partial charge in [0.2, 0.25) is 0 Å². The van der Waals surface area contributed by atoms with Crippen LogP contribution in [0.15, 0.2) is 54.9 Å². The fourth-order valence-corrected chi connectivity index (χ4v) is 4.42. The van der Waals surface area contributed by atoms with Gasteiger partial charge in [0.25, 0.3) is 0 Å².